The molecule has 88 valence electrons. The first-order valence-electron chi connectivity index (χ1n) is 5.75. The van der Waals surface area contributed by atoms with Gasteiger partial charge in [0, 0.05) is 6.54 Å². The molecular weight excluding hydrogens is 204 g/mol. The number of H-pyrrole nitrogens is 1. The lowest BCUT2D eigenvalue weighted by atomic mass is 9.98. The molecule has 1 amide bonds. The van der Waals surface area contributed by atoms with Crippen molar-refractivity contribution in [3.8, 4) is 0 Å². The second kappa shape index (κ2) is 4.55. The van der Waals surface area contributed by atoms with Crippen molar-refractivity contribution >= 4 is 11.6 Å². The predicted octanol–water partition coefficient (Wildman–Crippen LogP) is 1.16. The van der Waals surface area contributed by atoms with Gasteiger partial charge in [-0.05, 0) is 18.3 Å². The van der Waals surface area contributed by atoms with Crippen molar-refractivity contribution in [1.82, 2.24) is 15.5 Å². The second-order valence-electron chi connectivity index (χ2n) is 4.58. The maximum Gasteiger partial charge on any atom is 0.271 e. The summed E-state index contributed by atoms with van der Waals surface area (Å²) in [6, 6.07) is 0. The molecule has 1 aliphatic rings. The normalized spacial score (nSPS) is 24.6. The summed E-state index contributed by atoms with van der Waals surface area (Å²) < 4.78 is 0. The van der Waals surface area contributed by atoms with E-state index in [0.29, 0.717) is 23.2 Å². The second-order valence-corrected chi connectivity index (χ2v) is 4.58. The van der Waals surface area contributed by atoms with Gasteiger partial charge >= 0.3 is 0 Å². The molecule has 5 nitrogen and oxygen atoms in total. The van der Waals surface area contributed by atoms with E-state index in [1.807, 2.05) is 0 Å². The Morgan fingerprint density at radius 1 is 1.69 bits per heavy atom. The summed E-state index contributed by atoms with van der Waals surface area (Å²) in [5, 5.41) is 9.24. The molecule has 4 N–H and O–H groups in total. The number of amides is 1. The minimum Gasteiger partial charge on any atom is -0.396 e. The van der Waals surface area contributed by atoms with Gasteiger partial charge in [-0.25, -0.2) is 0 Å². The molecule has 5 heteroatoms. The first-order valence-corrected chi connectivity index (χ1v) is 5.75. The van der Waals surface area contributed by atoms with Crippen LogP contribution in [0.5, 0.6) is 0 Å². The zero-order valence-corrected chi connectivity index (χ0v) is 9.49. The topological polar surface area (TPSA) is 83.8 Å². The molecule has 1 aromatic rings. The molecule has 1 aliphatic carbocycles. The molecule has 1 fully saturated rings. The molecule has 1 saturated carbocycles. The highest BCUT2D eigenvalue weighted by Gasteiger charge is 2.24. The van der Waals surface area contributed by atoms with Gasteiger partial charge in [0.2, 0.25) is 0 Å². The summed E-state index contributed by atoms with van der Waals surface area (Å²) in [6.07, 6.45) is 5.20. The summed E-state index contributed by atoms with van der Waals surface area (Å²) in [7, 11) is 0. The molecule has 0 spiro atoms. The number of aromatic amines is 1. The number of nitrogens with two attached hydrogens (primary N) is 1. The van der Waals surface area contributed by atoms with Crippen LogP contribution in [0.1, 0.15) is 36.7 Å². The maximum absolute atomic E-state index is 11.7. The number of nitrogens with one attached hydrogen (secondary N) is 2. The van der Waals surface area contributed by atoms with Crippen LogP contribution in [0, 0.1) is 11.8 Å². The smallest absolute Gasteiger partial charge is 0.271 e. The number of carbonyl (C=O) groups is 1. The van der Waals surface area contributed by atoms with Gasteiger partial charge in [-0.3, -0.25) is 9.89 Å². The molecule has 1 aromatic heterocycles. The number of nitrogen functional groups attached to an aromatic ring is 1. The van der Waals surface area contributed by atoms with Crippen LogP contribution >= 0.6 is 0 Å². The summed E-state index contributed by atoms with van der Waals surface area (Å²) in [4.78, 5) is 11.7. The quantitative estimate of drug-likeness (QED) is 0.717. The lowest BCUT2D eigenvalue weighted by molar-refractivity contribution is 0.0940. The van der Waals surface area contributed by atoms with Crippen LogP contribution in [-0.4, -0.2) is 22.6 Å². The van der Waals surface area contributed by atoms with Crippen molar-refractivity contribution < 1.29 is 4.79 Å². The Hall–Kier alpha value is -1.52. The monoisotopic (exact) mass is 222 g/mol. The van der Waals surface area contributed by atoms with Gasteiger partial charge in [0.25, 0.3) is 5.91 Å². The van der Waals surface area contributed by atoms with E-state index in [2.05, 4.69) is 22.4 Å². The van der Waals surface area contributed by atoms with Crippen LogP contribution in [0.4, 0.5) is 5.69 Å². The molecule has 2 rings (SSSR count). The highest BCUT2D eigenvalue weighted by Crippen LogP contribution is 2.30. The number of nitrogens with zero attached hydrogens (tertiary/aromatic N) is 1. The van der Waals surface area contributed by atoms with Crippen LogP contribution in [0.3, 0.4) is 0 Å². The fourth-order valence-electron chi connectivity index (χ4n) is 2.31. The minimum atomic E-state index is -0.158. The molecule has 0 saturated heterocycles. The van der Waals surface area contributed by atoms with Crippen molar-refractivity contribution in [2.45, 2.75) is 26.2 Å². The van der Waals surface area contributed by atoms with E-state index in [4.69, 9.17) is 5.73 Å². The highest BCUT2D eigenvalue weighted by atomic mass is 16.1. The Morgan fingerprint density at radius 3 is 3.06 bits per heavy atom. The lowest BCUT2D eigenvalue weighted by Gasteiger charge is -2.15. The molecule has 0 bridgehead atoms. The van der Waals surface area contributed by atoms with E-state index in [-0.39, 0.29) is 5.91 Å². The predicted molar refractivity (Wildman–Crippen MR) is 61.8 cm³/mol. The number of hydrogen-bond donors (Lipinski definition) is 3. The van der Waals surface area contributed by atoms with Crippen LogP contribution in [-0.2, 0) is 0 Å². The zero-order valence-electron chi connectivity index (χ0n) is 9.49. The van der Waals surface area contributed by atoms with Gasteiger partial charge in [-0.2, -0.15) is 5.10 Å². The van der Waals surface area contributed by atoms with Crippen molar-refractivity contribution in [2.75, 3.05) is 12.3 Å². The molecule has 0 aromatic carbocycles. The SMILES string of the molecule is CC1CCCC1CNC(=O)c1[nH]ncc1N. The molecule has 0 radical (unpaired) electrons. The Labute approximate surface area is 94.8 Å². The van der Waals surface area contributed by atoms with Crippen molar-refractivity contribution in [3.63, 3.8) is 0 Å². The summed E-state index contributed by atoms with van der Waals surface area (Å²) in [5.41, 5.74) is 6.36. The Kier molecular flexibility index (Phi) is 3.12. The van der Waals surface area contributed by atoms with Gasteiger partial charge in [-0.15, -0.1) is 0 Å². The Balaban J connectivity index is 1.86. The molecule has 16 heavy (non-hydrogen) atoms. The van der Waals surface area contributed by atoms with E-state index in [1.54, 1.807) is 0 Å². The molecule has 1 heterocycles. The average Bonchev–Trinajstić information content (AvgIpc) is 2.84. The fraction of sp³-hybridized carbons (Fsp3) is 0.636. The van der Waals surface area contributed by atoms with Gasteiger partial charge in [0.15, 0.2) is 0 Å². The van der Waals surface area contributed by atoms with Gasteiger partial charge < -0.3 is 11.1 Å². The van der Waals surface area contributed by atoms with E-state index in [9.17, 15) is 4.79 Å². The number of hydrogen-bond acceptors (Lipinski definition) is 3. The Morgan fingerprint density at radius 2 is 2.50 bits per heavy atom. The summed E-state index contributed by atoms with van der Waals surface area (Å²) in [6.45, 7) is 2.98. The third kappa shape index (κ3) is 2.18. The van der Waals surface area contributed by atoms with Gasteiger partial charge in [0.05, 0.1) is 11.9 Å². The van der Waals surface area contributed by atoms with Crippen molar-refractivity contribution in [1.29, 1.82) is 0 Å². The third-order valence-corrected chi connectivity index (χ3v) is 3.46. The highest BCUT2D eigenvalue weighted by molar-refractivity contribution is 5.96. The molecule has 0 aliphatic heterocycles. The van der Waals surface area contributed by atoms with E-state index < -0.39 is 0 Å². The van der Waals surface area contributed by atoms with Crippen LogP contribution in [0.25, 0.3) is 0 Å². The van der Waals surface area contributed by atoms with Gasteiger partial charge in [-0.1, -0.05) is 19.8 Å². The van der Waals surface area contributed by atoms with Crippen molar-refractivity contribution in [2.24, 2.45) is 11.8 Å². The number of carbonyl (C=O) groups excluding carboxylic acids is 1. The largest absolute Gasteiger partial charge is 0.396 e. The third-order valence-electron chi connectivity index (χ3n) is 3.46. The molecular formula is C11H18N4O. The minimum absolute atomic E-state index is 0.158. The van der Waals surface area contributed by atoms with Gasteiger partial charge in [0.1, 0.15) is 5.69 Å². The molecule has 2 atom stereocenters. The van der Waals surface area contributed by atoms with Crippen LogP contribution in [0.2, 0.25) is 0 Å². The standard InChI is InChI=1S/C11H18N4O/c1-7-3-2-4-8(7)5-13-11(16)10-9(12)6-14-15-10/h6-8H,2-5,12H2,1H3,(H,13,16)(H,14,15). The van der Waals surface area contributed by atoms with E-state index in [0.717, 1.165) is 6.54 Å². The first-order chi connectivity index (χ1) is 7.68. The number of rotatable bonds is 3. The van der Waals surface area contributed by atoms with Crippen molar-refractivity contribution in [3.05, 3.63) is 11.9 Å². The number of anilines is 1. The summed E-state index contributed by atoms with van der Waals surface area (Å²) >= 11 is 0. The fourth-order valence-corrected chi connectivity index (χ4v) is 2.31. The average molecular weight is 222 g/mol. The molecule has 2 unspecified atom stereocenters. The Bertz CT molecular complexity index is 374. The van der Waals surface area contributed by atoms with E-state index >= 15 is 0 Å². The maximum atomic E-state index is 11.7. The van der Waals surface area contributed by atoms with E-state index in [1.165, 1.54) is 25.5 Å². The first kappa shape index (κ1) is 11.0. The number of aromatic nitrogens is 2. The zero-order chi connectivity index (χ0) is 11.5. The van der Waals surface area contributed by atoms with Crippen LogP contribution < -0.4 is 11.1 Å². The lowest BCUT2D eigenvalue weighted by Crippen LogP contribution is -2.30. The van der Waals surface area contributed by atoms with Crippen LogP contribution in [0.15, 0.2) is 6.20 Å². The summed E-state index contributed by atoms with van der Waals surface area (Å²) in [5.74, 6) is 1.15.